The molecule has 0 radical (unpaired) electrons. The van der Waals surface area contributed by atoms with E-state index in [0.29, 0.717) is 0 Å². The quantitative estimate of drug-likeness (QED) is 0.289. The van der Waals surface area contributed by atoms with E-state index in [1.54, 1.807) is 0 Å². The minimum absolute atomic E-state index is 0.648. The number of rotatable bonds is 10. The van der Waals surface area contributed by atoms with Crippen molar-refractivity contribution in [3.8, 4) is 0 Å². The van der Waals surface area contributed by atoms with Crippen molar-refractivity contribution in [2.45, 2.75) is 64.6 Å². The summed E-state index contributed by atoms with van der Waals surface area (Å²) in [6.07, 6.45) is -0.709. The summed E-state index contributed by atoms with van der Waals surface area (Å²) in [4.78, 5) is 44.2. The average molecular weight is 467 g/mol. The molecule has 31 heavy (non-hydrogen) atoms. The van der Waals surface area contributed by atoms with E-state index in [9.17, 15) is 24.4 Å². The summed E-state index contributed by atoms with van der Waals surface area (Å²) in [7, 11) is -4.76. The predicted octanol–water partition coefficient (Wildman–Crippen LogP) is -0.216. The molecule has 0 bridgehead atoms. The molecule has 2 heterocycles. The molecule has 1 aromatic heterocycles. The van der Waals surface area contributed by atoms with Gasteiger partial charge >= 0.3 is 13.5 Å². The summed E-state index contributed by atoms with van der Waals surface area (Å²) in [5, 5.41) is 19.6. The van der Waals surface area contributed by atoms with Crippen LogP contribution in [0.5, 0.6) is 0 Å². The van der Waals surface area contributed by atoms with Gasteiger partial charge in [0.25, 0.3) is 5.56 Å². The van der Waals surface area contributed by atoms with Crippen LogP contribution in [-0.4, -0.2) is 79.0 Å². The Morgan fingerprint density at radius 3 is 2.10 bits per heavy atom. The molecule has 1 saturated heterocycles. The average Bonchev–Trinajstić information content (AvgIpc) is 2.95. The summed E-state index contributed by atoms with van der Waals surface area (Å²) in [5.41, 5.74) is -1.51. The zero-order valence-electron chi connectivity index (χ0n) is 18.1. The first kappa shape index (κ1) is 27.7. The van der Waals surface area contributed by atoms with Gasteiger partial charge in [-0.25, -0.2) is 9.36 Å². The maximum Gasteiger partial charge on any atom is 0.469 e. The summed E-state index contributed by atoms with van der Waals surface area (Å²) in [6, 6.07) is 1.02. The lowest BCUT2D eigenvalue weighted by Gasteiger charge is -2.19. The van der Waals surface area contributed by atoms with Gasteiger partial charge in [-0.3, -0.25) is 18.9 Å². The zero-order chi connectivity index (χ0) is 23.6. The lowest BCUT2D eigenvalue weighted by Crippen LogP contribution is -2.37. The van der Waals surface area contributed by atoms with E-state index < -0.39 is 50.2 Å². The third-order valence-corrected chi connectivity index (χ3v) is 4.97. The molecule has 1 aromatic rings. The number of aromatic amines is 1. The molecule has 5 N–H and O–H groups in total. The molecule has 12 nitrogen and oxygen atoms in total. The predicted molar refractivity (Wildman–Crippen MR) is 113 cm³/mol. The third kappa shape index (κ3) is 9.34. The van der Waals surface area contributed by atoms with E-state index in [0.717, 1.165) is 16.8 Å². The van der Waals surface area contributed by atoms with Crippen molar-refractivity contribution >= 4 is 7.82 Å². The summed E-state index contributed by atoms with van der Waals surface area (Å²) in [6.45, 7) is 9.90. The van der Waals surface area contributed by atoms with E-state index >= 15 is 0 Å². The standard InChI is InChI=1S/C9H13N2O9P.C9H21N/c12-5-1-2-11(9(15)10-5)8-7(14)6(13)4(20-8)3-19-21(16,17)18;1-4-7-10(8-5-2)9-6-3/h1-2,4,6-8,13-14H,3H2,(H,10,12,15)(H2,16,17,18);4-9H2,1-3H3/t4-,6-,7-,8-;/m1./s1. The zero-order valence-corrected chi connectivity index (χ0v) is 19.0. The maximum atomic E-state index is 11.6. The van der Waals surface area contributed by atoms with Crippen LogP contribution in [0.3, 0.4) is 0 Å². The molecule has 0 aliphatic carbocycles. The number of nitrogens with zero attached hydrogens (tertiary/aromatic N) is 2. The highest BCUT2D eigenvalue weighted by Crippen LogP contribution is 2.38. The second-order valence-corrected chi connectivity index (χ2v) is 8.43. The first-order valence-corrected chi connectivity index (χ1v) is 11.8. The van der Waals surface area contributed by atoms with Crippen molar-refractivity contribution in [1.82, 2.24) is 14.5 Å². The number of nitrogens with one attached hydrogen (secondary N) is 1. The van der Waals surface area contributed by atoms with Crippen LogP contribution in [-0.2, 0) is 13.8 Å². The van der Waals surface area contributed by atoms with Crippen LogP contribution in [0.25, 0.3) is 0 Å². The molecule has 0 amide bonds. The molecule has 2 rings (SSSR count). The Morgan fingerprint density at radius 2 is 1.65 bits per heavy atom. The number of hydrogen-bond donors (Lipinski definition) is 5. The number of phosphoric acid groups is 1. The normalized spacial score (nSPS) is 23.6. The fourth-order valence-electron chi connectivity index (χ4n) is 3.18. The lowest BCUT2D eigenvalue weighted by atomic mass is 10.1. The smallest absolute Gasteiger partial charge is 0.387 e. The first-order valence-electron chi connectivity index (χ1n) is 10.3. The number of phosphoric ester groups is 1. The van der Waals surface area contributed by atoms with E-state index in [-0.39, 0.29) is 0 Å². The molecule has 1 aliphatic heterocycles. The maximum absolute atomic E-state index is 11.6. The minimum atomic E-state index is -4.76. The molecule has 0 aromatic carbocycles. The van der Waals surface area contributed by atoms with Crippen molar-refractivity contribution in [2.24, 2.45) is 0 Å². The van der Waals surface area contributed by atoms with Crippen molar-refractivity contribution in [1.29, 1.82) is 0 Å². The van der Waals surface area contributed by atoms with Crippen LogP contribution in [0.1, 0.15) is 46.3 Å². The molecule has 180 valence electrons. The van der Waals surface area contributed by atoms with E-state index in [4.69, 9.17) is 14.5 Å². The van der Waals surface area contributed by atoms with Crippen molar-refractivity contribution < 1.29 is 33.8 Å². The third-order valence-electron chi connectivity index (χ3n) is 4.49. The largest absolute Gasteiger partial charge is 0.469 e. The second kappa shape index (κ2) is 13.2. The Kier molecular flexibility index (Phi) is 11.8. The van der Waals surface area contributed by atoms with Gasteiger partial charge in [0.15, 0.2) is 6.23 Å². The van der Waals surface area contributed by atoms with Crippen molar-refractivity contribution in [3.05, 3.63) is 33.1 Å². The molecule has 1 fully saturated rings. The van der Waals surface area contributed by atoms with Gasteiger partial charge in [0.05, 0.1) is 6.61 Å². The lowest BCUT2D eigenvalue weighted by molar-refractivity contribution is -0.0543. The Balaban J connectivity index is 0.000000407. The monoisotopic (exact) mass is 467 g/mol. The van der Waals surface area contributed by atoms with Gasteiger partial charge in [0.1, 0.15) is 18.3 Å². The molecular weight excluding hydrogens is 433 g/mol. The molecule has 0 spiro atoms. The van der Waals surface area contributed by atoms with Gasteiger partial charge in [-0.15, -0.1) is 0 Å². The number of aromatic nitrogens is 2. The van der Waals surface area contributed by atoms with Crippen LogP contribution >= 0.6 is 7.82 Å². The minimum Gasteiger partial charge on any atom is -0.387 e. The molecule has 4 atom stereocenters. The summed E-state index contributed by atoms with van der Waals surface area (Å²) >= 11 is 0. The fraction of sp³-hybridized carbons (Fsp3) is 0.778. The highest BCUT2D eigenvalue weighted by Gasteiger charge is 2.44. The van der Waals surface area contributed by atoms with Crippen LogP contribution in [0.2, 0.25) is 0 Å². The molecule has 13 heteroatoms. The SMILES string of the molecule is CCCN(CCC)CCC.O=c1ccn([C@@H]2O[C@H](COP(=O)(O)O)[C@@H](O)[C@H]2O)c(=O)[nH]1. The van der Waals surface area contributed by atoms with Gasteiger partial charge < -0.3 is 29.6 Å². The highest BCUT2D eigenvalue weighted by molar-refractivity contribution is 7.46. The van der Waals surface area contributed by atoms with Crippen LogP contribution in [0.15, 0.2) is 21.9 Å². The molecule has 0 unspecified atom stereocenters. The fourth-order valence-corrected chi connectivity index (χ4v) is 3.52. The number of H-pyrrole nitrogens is 1. The molecule has 1 aliphatic rings. The van der Waals surface area contributed by atoms with Gasteiger partial charge in [-0.05, 0) is 38.9 Å². The summed E-state index contributed by atoms with van der Waals surface area (Å²) < 4.78 is 20.8. The van der Waals surface area contributed by atoms with Gasteiger partial charge in [-0.1, -0.05) is 20.8 Å². The van der Waals surface area contributed by atoms with Crippen molar-refractivity contribution in [3.63, 3.8) is 0 Å². The Morgan fingerprint density at radius 1 is 1.10 bits per heavy atom. The Labute approximate surface area is 180 Å². The molecule has 0 saturated carbocycles. The van der Waals surface area contributed by atoms with Crippen LogP contribution in [0, 0.1) is 0 Å². The summed E-state index contributed by atoms with van der Waals surface area (Å²) in [5.74, 6) is 0. The van der Waals surface area contributed by atoms with E-state index in [2.05, 4.69) is 30.2 Å². The van der Waals surface area contributed by atoms with E-state index in [1.165, 1.54) is 38.9 Å². The number of ether oxygens (including phenoxy) is 1. The van der Waals surface area contributed by atoms with Gasteiger partial charge in [-0.2, -0.15) is 0 Å². The number of aliphatic hydroxyl groups is 2. The Bertz CT molecular complexity index is 795. The highest BCUT2D eigenvalue weighted by atomic mass is 31.2. The van der Waals surface area contributed by atoms with Crippen molar-refractivity contribution in [2.75, 3.05) is 26.2 Å². The van der Waals surface area contributed by atoms with E-state index in [1.807, 2.05) is 4.98 Å². The second-order valence-electron chi connectivity index (χ2n) is 7.19. The topological polar surface area (TPSA) is 175 Å². The van der Waals surface area contributed by atoms with Crippen LogP contribution < -0.4 is 11.2 Å². The molecular formula is C18H34N3O9P. The van der Waals surface area contributed by atoms with Crippen LogP contribution in [0.4, 0.5) is 0 Å². The van der Waals surface area contributed by atoms with Gasteiger partial charge in [0, 0.05) is 12.3 Å². The first-order chi connectivity index (χ1) is 14.5. The van der Waals surface area contributed by atoms with Gasteiger partial charge in [0.2, 0.25) is 0 Å². The number of hydrogen-bond acceptors (Lipinski definition) is 8. The Hall–Kier alpha value is -1.37. The number of aliphatic hydroxyl groups excluding tert-OH is 2.